The standard InChI is InChI=1S/C23H23N5/c1-27-20(12-17-4-2-3-5-22(17)27)15-28-11-10-21-18(14-28)13-25-23(26-21)16-6-8-19(24)9-7-16/h2-9,12-13H,10-11,14-15,24H2,1H3. The normalized spacial score (nSPS) is 14.3. The summed E-state index contributed by atoms with van der Waals surface area (Å²) in [6, 6.07) is 18.6. The summed E-state index contributed by atoms with van der Waals surface area (Å²) in [5.74, 6) is 0.779. The van der Waals surface area contributed by atoms with E-state index in [0.717, 1.165) is 48.8 Å². The number of anilines is 1. The van der Waals surface area contributed by atoms with Gasteiger partial charge in [-0.25, -0.2) is 9.97 Å². The lowest BCUT2D eigenvalue weighted by atomic mass is 10.1. The maximum atomic E-state index is 5.78. The van der Waals surface area contributed by atoms with Crippen molar-refractivity contribution in [3.63, 3.8) is 0 Å². The van der Waals surface area contributed by atoms with Gasteiger partial charge in [0.25, 0.3) is 0 Å². The molecule has 0 aliphatic carbocycles. The molecular weight excluding hydrogens is 346 g/mol. The quantitative estimate of drug-likeness (QED) is 0.559. The van der Waals surface area contributed by atoms with Crippen molar-refractivity contribution in [2.24, 2.45) is 7.05 Å². The lowest BCUT2D eigenvalue weighted by Gasteiger charge is -2.28. The first kappa shape index (κ1) is 17.0. The van der Waals surface area contributed by atoms with E-state index in [2.05, 4.69) is 51.8 Å². The summed E-state index contributed by atoms with van der Waals surface area (Å²) in [6.45, 7) is 2.83. The highest BCUT2D eigenvalue weighted by molar-refractivity contribution is 5.81. The van der Waals surface area contributed by atoms with Gasteiger partial charge < -0.3 is 10.3 Å². The van der Waals surface area contributed by atoms with Crippen molar-refractivity contribution < 1.29 is 0 Å². The first-order valence-corrected chi connectivity index (χ1v) is 9.64. The van der Waals surface area contributed by atoms with E-state index in [1.54, 1.807) is 0 Å². The SMILES string of the molecule is Cn1c(CN2CCc3nc(-c4ccc(N)cc4)ncc3C2)cc2ccccc21. The monoisotopic (exact) mass is 369 g/mol. The number of para-hydroxylation sites is 1. The molecule has 5 rings (SSSR count). The van der Waals surface area contributed by atoms with Gasteiger partial charge in [-0.15, -0.1) is 0 Å². The lowest BCUT2D eigenvalue weighted by molar-refractivity contribution is 0.238. The third-order valence-corrected chi connectivity index (χ3v) is 5.62. The molecule has 0 radical (unpaired) electrons. The number of aromatic nitrogens is 3. The Morgan fingerprint density at radius 2 is 1.89 bits per heavy atom. The number of fused-ring (bicyclic) bond motifs is 2. The third kappa shape index (κ3) is 3.04. The Balaban J connectivity index is 1.36. The van der Waals surface area contributed by atoms with Gasteiger partial charge in [-0.1, -0.05) is 18.2 Å². The summed E-state index contributed by atoms with van der Waals surface area (Å²) in [5, 5.41) is 1.30. The molecule has 0 amide bonds. The van der Waals surface area contributed by atoms with Gasteiger partial charge in [-0.3, -0.25) is 4.90 Å². The Kier molecular flexibility index (Phi) is 4.10. The van der Waals surface area contributed by atoms with E-state index in [1.165, 1.54) is 22.2 Å². The number of nitrogen functional groups attached to an aromatic ring is 1. The van der Waals surface area contributed by atoms with Crippen molar-refractivity contribution in [2.75, 3.05) is 12.3 Å². The smallest absolute Gasteiger partial charge is 0.159 e. The summed E-state index contributed by atoms with van der Waals surface area (Å²) in [5.41, 5.74) is 12.6. The molecule has 2 aromatic carbocycles. The fourth-order valence-corrected chi connectivity index (χ4v) is 4.01. The van der Waals surface area contributed by atoms with Crippen LogP contribution < -0.4 is 5.73 Å². The molecule has 0 bridgehead atoms. The molecule has 5 nitrogen and oxygen atoms in total. The summed E-state index contributed by atoms with van der Waals surface area (Å²) < 4.78 is 2.30. The fourth-order valence-electron chi connectivity index (χ4n) is 4.01. The molecule has 4 aromatic rings. The van der Waals surface area contributed by atoms with Crippen LogP contribution in [0, 0.1) is 0 Å². The molecule has 2 N–H and O–H groups in total. The van der Waals surface area contributed by atoms with Gasteiger partial charge >= 0.3 is 0 Å². The molecule has 2 aromatic heterocycles. The maximum absolute atomic E-state index is 5.78. The molecular formula is C23H23N5. The zero-order valence-corrected chi connectivity index (χ0v) is 16.0. The Morgan fingerprint density at radius 3 is 2.71 bits per heavy atom. The Bertz CT molecular complexity index is 1140. The van der Waals surface area contributed by atoms with Gasteiger partial charge in [0, 0.05) is 67.3 Å². The molecule has 0 saturated heterocycles. The number of hydrogen-bond acceptors (Lipinski definition) is 4. The van der Waals surface area contributed by atoms with E-state index in [1.807, 2.05) is 30.5 Å². The molecule has 0 atom stereocenters. The van der Waals surface area contributed by atoms with Crippen molar-refractivity contribution in [2.45, 2.75) is 19.5 Å². The van der Waals surface area contributed by atoms with Crippen LogP contribution in [0.1, 0.15) is 17.0 Å². The van der Waals surface area contributed by atoms with Crippen LogP contribution in [0.5, 0.6) is 0 Å². The highest BCUT2D eigenvalue weighted by Gasteiger charge is 2.20. The minimum Gasteiger partial charge on any atom is -0.399 e. The number of aryl methyl sites for hydroxylation is 1. The molecule has 1 aliphatic rings. The molecule has 140 valence electrons. The van der Waals surface area contributed by atoms with Gasteiger partial charge in [-0.05, 0) is 41.8 Å². The average molecular weight is 369 g/mol. The minimum atomic E-state index is 0.755. The second-order valence-corrected chi connectivity index (χ2v) is 7.50. The second-order valence-electron chi connectivity index (χ2n) is 7.50. The van der Waals surface area contributed by atoms with Crippen molar-refractivity contribution in [1.29, 1.82) is 0 Å². The van der Waals surface area contributed by atoms with E-state index in [4.69, 9.17) is 10.7 Å². The summed E-state index contributed by atoms with van der Waals surface area (Å²) in [7, 11) is 2.15. The molecule has 5 heteroatoms. The fraction of sp³-hybridized carbons (Fsp3) is 0.217. The van der Waals surface area contributed by atoms with Crippen molar-refractivity contribution in [3.05, 3.63) is 77.7 Å². The van der Waals surface area contributed by atoms with Gasteiger partial charge in [-0.2, -0.15) is 0 Å². The Hall–Kier alpha value is -3.18. The Morgan fingerprint density at radius 1 is 1.07 bits per heavy atom. The van der Waals surface area contributed by atoms with Crippen LogP contribution in [-0.2, 0) is 26.6 Å². The van der Waals surface area contributed by atoms with Crippen LogP contribution in [0.4, 0.5) is 5.69 Å². The molecule has 0 fully saturated rings. The summed E-state index contributed by atoms with van der Waals surface area (Å²) in [6.07, 6.45) is 2.94. The van der Waals surface area contributed by atoms with Crippen LogP contribution in [0.25, 0.3) is 22.3 Å². The number of benzene rings is 2. The largest absolute Gasteiger partial charge is 0.399 e. The van der Waals surface area contributed by atoms with E-state index < -0.39 is 0 Å². The van der Waals surface area contributed by atoms with Crippen LogP contribution >= 0.6 is 0 Å². The average Bonchev–Trinajstić information content (AvgIpc) is 3.04. The topological polar surface area (TPSA) is 60.0 Å². The molecule has 0 saturated carbocycles. The predicted molar refractivity (Wildman–Crippen MR) is 113 cm³/mol. The number of nitrogens with zero attached hydrogens (tertiary/aromatic N) is 4. The zero-order chi connectivity index (χ0) is 19.1. The van der Waals surface area contributed by atoms with Gasteiger partial charge in [0.2, 0.25) is 0 Å². The molecule has 0 spiro atoms. The lowest BCUT2D eigenvalue weighted by Crippen LogP contribution is -2.31. The van der Waals surface area contributed by atoms with Gasteiger partial charge in [0.15, 0.2) is 5.82 Å². The number of nitrogens with two attached hydrogens (primary N) is 1. The summed E-state index contributed by atoms with van der Waals surface area (Å²) in [4.78, 5) is 11.9. The number of rotatable bonds is 3. The van der Waals surface area contributed by atoms with Crippen LogP contribution in [-0.4, -0.2) is 26.0 Å². The number of hydrogen-bond donors (Lipinski definition) is 1. The van der Waals surface area contributed by atoms with E-state index in [0.29, 0.717) is 0 Å². The minimum absolute atomic E-state index is 0.755. The van der Waals surface area contributed by atoms with E-state index in [-0.39, 0.29) is 0 Å². The van der Waals surface area contributed by atoms with E-state index >= 15 is 0 Å². The maximum Gasteiger partial charge on any atom is 0.159 e. The van der Waals surface area contributed by atoms with E-state index in [9.17, 15) is 0 Å². The molecule has 28 heavy (non-hydrogen) atoms. The van der Waals surface area contributed by atoms with Crippen molar-refractivity contribution in [3.8, 4) is 11.4 Å². The van der Waals surface area contributed by atoms with Crippen LogP contribution in [0.15, 0.2) is 60.8 Å². The Labute approximate surface area is 164 Å². The second kappa shape index (κ2) is 6.77. The predicted octanol–water partition coefficient (Wildman–Crippen LogP) is 3.78. The highest BCUT2D eigenvalue weighted by Crippen LogP contribution is 2.24. The molecule has 1 aliphatic heterocycles. The van der Waals surface area contributed by atoms with Gasteiger partial charge in [0.1, 0.15) is 0 Å². The van der Waals surface area contributed by atoms with Gasteiger partial charge in [0.05, 0.1) is 5.69 Å². The first-order chi connectivity index (χ1) is 13.7. The third-order valence-electron chi connectivity index (χ3n) is 5.62. The molecule has 0 unspecified atom stereocenters. The zero-order valence-electron chi connectivity index (χ0n) is 16.0. The molecule has 3 heterocycles. The van der Waals surface area contributed by atoms with Crippen molar-refractivity contribution in [1.82, 2.24) is 19.4 Å². The van der Waals surface area contributed by atoms with Crippen LogP contribution in [0.3, 0.4) is 0 Å². The first-order valence-electron chi connectivity index (χ1n) is 9.64. The summed E-state index contributed by atoms with van der Waals surface area (Å²) >= 11 is 0. The van der Waals surface area contributed by atoms with Crippen LogP contribution in [0.2, 0.25) is 0 Å². The highest BCUT2D eigenvalue weighted by atomic mass is 15.2. The van der Waals surface area contributed by atoms with Crippen molar-refractivity contribution >= 4 is 16.6 Å².